The van der Waals surface area contributed by atoms with Crippen LogP contribution in [0.1, 0.15) is 11.6 Å². The maximum Gasteiger partial charge on any atom is 0.266 e. The monoisotopic (exact) mass is 498 g/mol. The van der Waals surface area contributed by atoms with E-state index in [0.29, 0.717) is 22.7 Å². The highest BCUT2D eigenvalue weighted by atomic mass is 35.5. The Morgan fingerprint density at radius 1 is 0.853 bits per heavy atom. The van der Waals surface area contributed by atoms with Crippen molar-refractivity contribution in [3.8, 4) is 11.5 Å². The Kier molecular flexibility index (Phi) is 5.85. The lowest BCUT2D eigenvalue weighted by molar-refractivity contribution is -0.126. The second-order valence-electron chi connectivity index (χ2n) is 7.85. The topological polar surface area (TPSA) is 68.3 Å². The number of hydrogen-bond acceptors (Lipinski definition) is 6. The fourth-order valence-corrected chi connectivity index (χ4v) is 5.09. The van der Waals surface area contributed by atoms with E-state index in [1.807, 2.05) is 30.3 Å². The Morgan fingerprint density at radius 2 is 1.56 bits per heavy atom. The van der Waals surface area contributed by atoms with E-state index in [-0.39, 0.29) is 15.7 Å². The first-order valence-corrected chi connectivity index (χ1v) is 11.3. The molecule has 34 heavy (non-hydrogen) atoms. The largest absolute Gasteiger partial charge is 0.497 e. The molecule has 0 N–H and O–H groups in total. The Morgan fingerprint density at radius 3 is 2.21 bits per heavy atom. The van der Waals surface area contributed by atoms with E-state index in [1.54, 1.807) is 55.7 Å². The van der Waals surface area contributed by atoms with Crippen molar-refractivity contribution in [2.45, 2.75) is 12.1 Å². The molecule has 2 amide bonds. The number of fused-ring (bicyclic) bond motifs is 1. The average Bonchev–Trinajstić information content (AvgIpc) is 3.36. The Balaban J connectivity index is 1.66. The molecule has 0 aliphatic carbocycles. The van der Waals surface area contributed by atoms with Crippen LogP contribution in [0.5, 0.6) is 11.5 Å². The molecule has 0 bridgehead atoms. The lowest BCUT2D eigenvalue weighted by atomic mass is 9.89. The number of anilines is 2. The van der Waals surface area contributed by atoms with Gasteiger partial charge >= 0.3 is 0 Å². The number of halogens is 2. The molecule has 174 valence electrons. The molecule has 2 saturated heterocycles. The van der Waals surface area contributed by atoms with Gasteiger partial charge in [-0.15, -0.1) is 0 Å². The van der Waals surface area contributed by atoms with Gasteiger partial charge < -0.3 is 9.47 Å². The first-order valence-electron chi connectivity index (χ1n) is 10.5. The molecule has 7 nitrogen and oxygen atoms in total. The number of imide groups is 1. The van der Waals surface area contributed by atoms with Gasteiger partial charge in [0, 0.05) is 5.56 Å². The zero-order chi connectivity index (χ0) is 24.0. The molecule has 0 spiro atoms. The number of hydroxylamine groups is 1. The third-order valence-corrected chi connectivity index (χ3v) is 6.65. The van der Waals surface area contributed by atoms with Crippen molar-refractivity contribution in [3.63, 3.8) is 0 Å². The molecule has 5 rings (SSSR count). The van der Waals surface area contributed by atoms with Crippen molar-refractivity contribution in [1.29, 1.82) is 0 Å². The molecule has 0 aromatic heterocycles. The van der Waals surface area contributed by atoms with Crippen molar-refractivity contribution < 1.29 is 23.9 Å². The smallest absolute Gasteiger partial charge is 0.266 e. The lowest BCUT2D eigenvalue weighted by Gasteiger charge is -2.30. The molecular weight excluding hydrogens is 479 g/mol. The van der Waals surface area contributed by atoms with Crippen LogP contribution >= 0.6 is 23.2 Å². The van der Waals surface area contributed by atoms with E-state index in [9.17, 15) is 9.59 Å². The number of rotatable bonds is 5. The maximum absolute atomic E-state index is 13.8. The van der Waals surface area contributed by atoms with Gasteiger partial charge in [0.05, 0.1) is 35.6 Å². The zero-order valence-electron chi connectivity index (χ0n) is 18.3. The third kappa shape index (κ3) is 3.48. The van der Waals surface area contributed by atoms with Gasteiger partial charge in [0.1, 0.15) is 23.5 Å². The fourth-order valence-electron chi connectivity index (χ4n) is 4.52. The summed E-state index contributed by atoms with van der Waals surface area (Å²) < 4.78 is 11.0. The lowest BCUT2D eigenvalue weighted by Crippen LogP contribution is -2.37. The van der Waals surface area contributed by atoms with Crippen molar-refractivity contribution in [3.05, 3.63) is 82.3 Å². The highest BCUT2D eigenvalue weighted by Crippen LogP contribution is 2.51. The Labute approximate surface area is 206 Å². The summed E-state index contributed by atoms with van der Waals surface area (Å²) in [5.74, 6) is -0.754. The standard InChI is InChI=1S/C25H20Cl2N2O5/c1-32-15-11-12-19(33-2)16(13-15)21-20-23(34-29(21)14-7-4-3-5-8-14)25(31)28(24(20)30)22-17(26)9-6-10-18(22)27/h3-13,20-21,23H,1-2H3/t20-,21+,23+/m0/s1. The summed E-state index contributed by atoms with van der Waals surface area (Å²) >= 11 is 12.7. The van der Waals surface area contributed by atoms with Crippen LogP contribution in [0.4, 0.5) is 11.4 Å². The number of benzene rings is 3. The highest BCUT2D eigenvalue weighted by Gasteiger charge is 2.61. The van der Waals surface area contributed by atoms with Crippen LogP contribution in [0.3, 0.4) is 0 Å². The number of amides is 2. The second kappa shape index (κ2) is 8.83. The summed E-state index contributed by atoms with van der Waals surface area (Å²) in [4.78, 5) is 34.5. The molecule has 0 unspecified atom stereocenters. The van der Waals surface area contributed by atoms with Gasteiger partial charge in [-0.3, -0.25) is 14.4 Å². The number of carbonyl (C=O) groups excluding carboxylic acids is 2. The summed E-state index contributed by atoms with van der Waals surface area (Å²) in [7, 11) is 3.10. The maximum atomic E-state index is 13.8. The minimum atomic E-state index is -1.07. The van der Waals surface area contributed by atoms with Crippen molar-refractivity contribution in [1.82, 2.24) is 0 Å². The Hall–Kier alpha value is -3.26. The average molecular weight is 499 g/mol. The van der Waals surface area contributed by atoms with Crippen molar-refractivity contribution in [2.24, 2.45) is 5.92 Å². The van der Waals surface area contributed by atoms with E-state index < -0.39 is 29.9 Å². The molecule has 2 aliphatic heterocycles. The molecular formula is C25H20Cl2N2O5. The van der Waals surface area contributed by atoms with Crippen LogP contribution < -0.4 is 19.4 Å². The molecule has 3 atom stereocenters. The molecule has 0 saturated carbocycles. The number of nitrogens with zero attached hydrogens (tertiary/aromatic N) is 2. The van der Waals surface area contributed by atoms with Gasteiger partial charge in [0.25, 0.3) is 5.91 Å². The van der Waals surface area contributed by atoms with E-state index in [4.69, 9.17) is 37.5 Å². The molecule has 2 fully saturated rings. The normalized spacial score (nSPS) is 21.7. The summed E-state index contributed by atoms with van der Waals surface area (Å²) in [5.41, 5.74) is 1.49. The summed E-state index contributed by atoms with van der Waals surface area (Å²) in [6, 6.07) is 18.7. The molecule has 0 radical (unpaired) electrons. The van der Waals surface area contributed by atoms with Gasteiger partial charge in [-0.2, -0.15) is 0 Å². The summed E-state index contributed by atoms with van der Waals surface area (Å²) in [5, 5.41) is 1.99. The first-order chi connectivity index (χ1) is 16.5. The van der Waals surface area contributed by atoms with Crippen LogP contribution in [0.2, 0.25) is 10.0 Å². The molecule has 2 heterocycles. The first kappa shape index (κ1) is 22.5. The van der Waals surface area contributed by atoms with Gasteiger partial charge in [-0.25, -0.2) is 9.96 Å². The minimum Gasteiger partial charge on any atom is -0.497 e. The van der Waals surface area contributed by atoms with Crippen LogP contribution in [0.25, 0.3) is 0 Å². The van der Waals surface area contributed by atoms with E-state index >= 15 is 0 Å². The fraction of sp³-hybridized carbons (Fsp3) is 0.200. The molecule has 2 aliphatic rings. The predicted molar refractivity (Wildman–Crippen MR) is 129 cm³/mol. The number of para-hydroxylation sites is 2. The van der Waals surface area contributed by atoms with Gasteiger partial charge in [0.15, 0.2) is 6.10 Å². The van der Waals surface area contributed by atoms with Crippen molar-refractivity contribution >= 4 is 46.4 Å². The number of hydrogen-bond donors (Lipinski definition) is 0. The highest BCUT2D eigenvalue weighted by molar-refractivity contribution is 6.42. The SMILES string of the molecule is COc1ccc(OC)c([C@@H]2[C@@H]3C(=O)N(c4c(Cl)cccc4Cl)C(=O)[C@@H]3ON2c2ccccc2)c1. The van der Waals surface area contributed by atoms with E-state index in [2.05, 4.69) is 0 Å². The van der Waals surface area contributed by atoms with Crippen LogP contribution in [0, 0.1) is 5.92 Å². The third-order valence-electron chi connectivity index (χ3n) is 6.04. The van der Waals surface area contributed by atoms with Crippen molar-refractivity contribution in [2.75, 3.05) is 24.2 Å². The van der Waals surface area contributed by atoms with E-state index in [0.717, 1.165) is 4.90 Å². The van der Waals surface area contributed by atoms with Gasteiger partial charge in [0.2, 0.25) is 5.91 Å². The van der Waals surface area contributed by atoms with E-state index in [1.165, 1.54) is 0 Å². The van der Waals surface area contributed by atoms with Gasteiger partial charge in [-0.05, 0) is 42.5 Å². The summed E-state index contributed by atoms with van der Waals surface area (Å²) in [6.07, 6.45) is -1.07. The molecule has 9 heteroatoms. The summed E-state index contributed by atoms with van der Waals surface area (Å²) in [6.45, 7) is 0. The number of carbonyl (C=O) groups is 2. The zero-order valence-corrected chi connectivity index (χ0v) is 19.8. The van der Waals surface area contributed by atoms with Gasteiger partial charge in [-0.1, -0.05) is 47.5 Å². The minimum absolute atomic E-state index is 0.154. The van der Waals surface area contributed by atoms with Crippen LogP contribution in [-0.2, 0) is 14.4 Å². The number of methoxy groups -OCH3 is 2. The predicted octanol–water partition coefficient (Wildman–Crippen LogP) is 5.06. The molecule has 3 aromatic carbocycles. The van der Waals surface area contributed by atoms with Crippen LogP contribution in [0.15, 0.2) is 66.7 Å². The number of ether oxygens (including phenoxy) is 2. The second-order valence-corrected chi connectivity index (χ2v) is 8.66. The quantitative estimate of drug-likeness (QED) is 0.458. The van der Waals surface area contributed by atoms with Crippen LogP contribution in [-0.4, -0.2) is 32.1 Å². The molecule has 3 aromatic rings. The Bertz CT molecular complexity index is 1250.